The Morgan fingerprint density at radius 2 is 1.58 bits per heavy atom. The molecule has 6 nitrogen and oxygen atoms in total. The minimum atomic E-state index is -2.43. The zero-order chi connectivity index (χ0) is 23.1. The molecule has 1 aromatic rings. The molecule has 2 rings (SSSR count). The number of hydroxylamine groups is 1. The largest absolute Gasteiger partial charge is 0.441 e. The van der Waals surface area contributed by atoms with Crippen LogP contribution < -0.4 is 5.48 Å². The van der Waals surface area contributed by atoms with E-state index in [2.05, 4.69) is 11.4 Å². The first kappa shape index (κ1) is 24.6. The number of ether oxygens (including phenoxy) is 2. The molecule has 31 heavy (non-hydrogen) atoms. The molecule has 0 spiro atoms. The summed E-state index contributed by atoms with van der Waals surface area (Å²) in [5.74, 6) is -13.9. The van der Waals surface area contributed by atoms with E-state index >= 15 is 0 Å². The van der Waals surface area contributed by atoms with E-state index in [1.807, 2.05) is 0 Å². The van der Waals surface area contributed by atoms with Crippen molar-refractivity contribution in [3.8, 4) is 0 Å². The summed E-state index contributed by atoms with van der Waals surface area (Å²) in [5.41, 5.74) is -0.341. The van der Waals surface area contributed by atoms with E-state index in [1.165, 1.54) is 11.6 Å². The van der Waals surface area contributed by atoms with Crippen molar-refractivity contribution in [3.63, 3.8) is 0 Å². The Morgan fingerprint density at radius 3 is 2.10 bits per heavy atom. The number of carbonyl (C=O) groups excluding carboxylic acids is 2. The van der Waals surface area contributed by atoms with Crippen molar-refractivity contribution in [1.29, 1.82) is 0 Å². The zero-order valence-corrected chi connectivity index (χ0v) is 16.7. The van der Waals surface area contributed by atoms with Crippen LogP contribution in [-0.4, -0.2) is 30.9 Å². The molecule has 0 aromatic heterocycles. The first-order valence-corrected chi connectivity index (χ1v) is 9.66. The van der Waals surface area contributed by atoms with Crippen molar-refractivity contribution in [2.45, 2.75) is 51.2 Å². The van der Waals surface area contributed by atoms with Gasteiger partial charge in [-0.25, -0.2) is 31.5 Å². The lowest BCUT2D eigenvalue weighted by atomic mass is 9.83. The van der Waals surface area contributed by atoms with Gasteiger partial charge in [-0.05, 0) is 25.7 Å². The highest BCUT2D eigenvalue weighted by Crippen LogP contribution is 2.31. The average molecular weight is 451 g/mol. The number of carbonyl (C=O) groups is 2. The number of hydrogen-bond acceptors (Lipinski definition) is 5. The van der Waals surface area contributed by atoms with Crippen molar-refractivity contribution < 1.29 is 45.9 Å². The van der Waals surface area contributed by atoms with Gasteiger partial charge in [-0.1, -0.05) is 25.3 Å². The van der Waals surface area contributed by atoms with Crippen LogP contribution in [0.15, 0.2) is 12.7 Å². The maximum atomic E-state index is 13.7. The summed E-state index contributed by atoms with van der Waals surface area (Å²) in [4.78, 5) is 28.1. The van der Waals surface area contributed by atoms with Gasteiger partial charge in [0.1, 0.15) is 17.8 Å². The van der Waals surface area contributed by atoms with Gasteiger partial charge in [0.05, 0.1) is 0 Å². The molecule has 1 N–H and O–H groups in total. The molecule has 1 amide bonds. The predicted octanol–water partition coefficient (Wildman–Crippen LogP) is 4.72. The molecule has 1 saturated carbocycles. The summed E-state index contributed by atoms with van der Waals surface area (Å²) < 4.78 is 77.7. The summed E-state index contributed by atoms with van der Waals surface area (Å²) in [5, 5.41) is 0. The van der Waals surface area contributed by atoms with E-state index in [9.17, 15) is 31.5 Å². The zero-order valence-electron chi connectivity index (χ0n) is 16.7. The molecule has 1 aliphatic carbocycles. The van der Waals surface area contributed by atoms with Crippen molar-refractivity contribution in [2.75, 3.05) is 6.61 Å². The van der Waals surface area contributed by atoms with Crippen LogP contribution in [0.25, 0.3) is 0 Å². The molecule has 0 unspecified atom stereocenters. The summed E-state index contributed by atoms with van der Waals surface area (Å²) in [6.45, 7) is 5.69. The number of hydrogen-bond donors (Lipinski definition) is 1. The molecule has 0 saturated heterocycles. The smallest absolute Gasteiger partial charge is 0.441 e. The maximum absolute atomic E-state index is 13.7. The van der Waals surface area contributed by atoms with Crippen LogP contribution in [0.1, 0.15) is 49.4 Å². The Balaban J connectivity index is 2.09. The molecule has 2 atom stereocenters. The molecular formula is C20H22F5NO5. The Kier molecular flexibility index (Phi) is 8.78. The van der Waals surface area contributed by atoms with Crippen molar-refractivity contribution >= 4 is 12.1 Å². The highest BCUT2D eigenvalue weighted by molar-refractivity contribution is 5.90. The minimum Gasteiger partial charge on any atom is -0.441 e. The molecule has 1 aliphatic rings. The second kappa shape index (κ2) is 11.1. The number of amides is 1. The van der Waals surface area contributed by atoms with Gasteiger partial charge in [-0.3, -0.25) is 0 Å². The fraction of sp³-hybridized carbons (Fsp3) is 0.500. The van der Waals surface area contributed by atoms with Crippen molar-refractivity contribution in [3.05, 3.63) is 47.3 Å². The molecule has 0 heterocycles. The lowest BCUT2D eigenvalue weighted by Gasteiger charge is -2.33. The molecule has 11 heteroatoms. The third kappa shape index (κ3) is 5.72. The summed E-state index contributed by atoms with van der Waals surface area (Å²) in [6.07, 6.45) is 3.06. The summed E-state index contributed by atoms with van der Waals surface area (Å²) >= 11 is 0. The Labute approximate surface area is 175 Å². The van der Waals surface area contributed by atoms with Gasteiger partial charge in [0.2, 0.25) is 5.82 Å². The van der Waals surface area contributed by atoms with Crippen LogP contribution in [0.5, 0.6) is 0 Å². The topological polar surface area (TPSA) is 73.9 Å². The second-order valence-electron chi connectivity index (χ2n) is 6.86. The van der Waals surface area contributed by atoms with Crippen LogP contribution in [0, 0.1) is 35.0 Å². The third-order valence-electron chi connectivity index (χ3n) is 4.91. The van der Waals surface area contributed by atoms with Crippen LogP contribution >= 0.6 is 0 Å². The van der Waals surface area contributed by atoms with Crippen LogP contribution in [0.2, 0.25) is 0 Å². The fourth-order valence-electron chi connectivity index (χ4n) is 3.45. The Morgan fingerprint density at radius 1 is 1.03 bits per heavy atom. The predicted molar refractivity (Wildman–Crippen MR) is 97.2 cm³/mol. The molecule has 172 valence electrons. The quantitative estimate of drug-likeness (QED) is 0.214. The van der Waals surface area contributed by atoms with Gasteiger partial charge < -0.3 is 14.3 Å². The molecule has 1 aromatic carbocycles. The van der Waals surface area contributed by atoms with Crippen LogP contribution in [-0.2, 0) is 14.3 Å². The molecule has 0 bridgehead atoms. The lowest BCUT2D eigenvalue weighted by Crippen LogP contribution is -2.42. The van der Waals surface area contributed by atoms with Gasteiger partial charge in [-0.2, -0.15) is 0 Å². The number of halogens is 5. The Bertz CT molecular complexity index is 800. The number of nitrogens with one attached hydrogen (secondary N) is 1. The first-order chi connectivity index (χ1) is 14.7. The van der Waals surface area contributed by atoms with E-state index in [0.717, 1.165) is 32.1 Å². The van der Waals surface area contributed by atoms with Gasteiger partial charge in [0.15, 0.2) is 23.3 Å². The molecule has 0 aliphatic heterocycles. The normalized spacial score (nSPS) is 16.3. The minimum absolute atomic E-state index is 0.0695. The SMILES string of the molecule is C=C[C@H](OCC)[C@H](OC(=O)NOC(=O)c1c(F)c(F)c(F)c(F)c1F)C1CCCCC1. The van der Waals surface area contributed by atoms with Crippen molar-refractivity contribution in [1.82, 2.24) is 5.48 Å². The summed E-state index contributed by atoms with van der Waals surface area (Å²) in [6, 6.07) is 0. The third-order valence-corrected chi connectivity index (χ3v) is 4.91. The highest BCUT2D eigenvalue weighted by atomic mass is 19.2. The average Bonchev–Trinajstić information content (AvgIpc) is 2.78. The second-order valence-corrected chi connectivity index (χ2v) is 6.86. The van der Waals surface area contributed by atoms with Gasteiger partial charge >= 0.3 is 12.1 Å². The van der Waals surface area contributed by atoms with Gasteiger partial charge in [-0.15, -0.1) is 12.1 Å². The van der Waals surface area contributed by atoms with E-state index in [0.29, 0.717) is 6.61 Å². The first-order valence-electron chi connectivity index (χ1n) is 9.66. The standard InChI is InChI=1S/C20H22F5NO5/c1-3-11(29-4-2)18(10-8-6-5-7-9-10)30-20(28)26-31-19(27)12-13(21)15(23)17(25)16(24)14(12)22/h3,10-11,18H,1,4-9H2,2H3,(H,26,28)/t11-,18+/m0/s1. The van der Waals surface area contributed by atoms with E-state index in [4.69, 9.17) is 9.47 Å². The van der Waals surface area contributed by atoms with E-state index in [1.54, 1.807) is 6.92 Å². The highest BCUT2D eigenvalue weighted by Gasteiger charge is 2.34. The van der Waals surface area contributed by atoms with Gasteiger partial charge in [0.25, 0.3) is 0 Å². The monoisotopic (exact) mass is 451 g/mol. The molecule has 0 radical (unpaired) electrons. The van der Waals surface area contributed by atoms with E-state index in [-0.39, 0.29) is 5.92 Å². The molecule has 1 fully saturated rings. The maximum Gasteiger partial charge on any atom is 0.441 e. The van der Waals surface area contributed by atoms with Crippen LogP contribution in [0.3, 0.4) is 0 Å². The molecular weight excluding hydrogens is 429 g/mol. The fourth-order valence-corrected chi connectivity index (χ4v) is 3.45. The lowest BCUT2D eigenvalue weighted by molar-refractivity contribution is -0.0593. The summed E-state index contributed by atoms with van der Waals surface area (Å²) in [7, 11) is 0. The van der Waals surface area contributed by atoms with E-state index < -0.39 is 58.9 Å². The number of rotatable bonds is 7. The Hall–Kier alpha value is -2.69. The number of benzene rings is 1. The van der Waals surface area contributed by atoms with Crippen molar-refractivity contribution in [2.24, 2.45) is 5.92 Å². The van der Waals surface area contributed by atoms with Gasteiger partial charge in [0, 0.05) is 6.61 Å². The van der Waals surface area contributed by atoms with Crippen LogP contribution in [0.4, 0.5) is 26.7 Å².